The molecular weight excluding hydrogens is 148 g/mol. The monoisotopic (exact) mass is 170 g/mol. The molecule has 1 aliphatic rings. The Labute approximate surface area is 76.1 Å². The minimum atomic E-state index is 0.343. The van der Waals surface area contributed by atoms with Gasteiger partial charge >= 0.3 is 0 Å². The van der Waals surface area contributed by atoms with Gasteiger partial charge in [0, 0.05) is 18.6 Å². The highest BCUT2D eigenvalue weighted by Gasteiger charge is 2.23. The van der Waals surface area contributed by atoms with Gasteiger partial charge in [0.05, 0.1) is 0 Å². The molecule has 1 rings (SSSR count). The van der Waals surface area contributed by atoms with Crippen LogP contribution in [0, 0.1) is 5.92 Å². The van der Waals surface area contributed by atoms with Crippen LogP contribution in [0.3, 0.4) is 0 Å². The SMILES string of the molecule is CC(C)C(N)CN(C)C1CCC1. The van der Waals surface area contributed by atoms with E-state index in [1.807, 2.05) is 0 Å². The fourth-order valence-corrected chi connectivity index (χ4v) is 1.52. The Balaban J connectivity index is 2.20. The topological polar surface area (TPSA) is 29.3 Å². The molecule has 1 aliphatic carbocycles. The van der Waals surface area contributed by atoms with E-state index in [0.29, 0.717) is 12.0 Å². The van der Waals surface area contributed by atoms with Crippen LogP contribution in [0.25, 0.3) is 0 Å². The normalized spacial score (nSPS) is 21.5. The molecule has 0 aromatic rings. The number of nitrogens with two attached hydrogens (primary N) is 1. The first-order chi connectivity index (χ1) is 5.61. The van der Waals surface area contributed by atoms with Gasteiger partial charge in [-0.2, -0.15) is 0 Å². The Morgan fingerprint density at radius 3 is 2.33 bits per heavy atom. The molecule has 1 unspecified atom stereocenters. The molecule has 0 spiro atoms. The van der Waals surface area contributed by atoms with Crippen molar-refractivity contribution in [3.8, 4) is 0 Å². The summed E-state index contributed by atoms with van der Waals surface area (Å²) in [6.45, 7) is 5.45. The van der Waals surface area contributed by atoms with Crippen molar-refractivity contribution >= 4 is 0 Å². The zero-order valence-electron chi connectivity index (χ0n) is 8.59. The Kier molecular flexibility index (Phi) is 3.53. The van der Waals surface area contributed by atoms with E-state index in [1.165, 1.54) is 19.3 Å². The van der Waals surface area contributed by atoms with Gasteiger partial charge in [-0.25, -0.2) is 0 Å². The van der Waals surface area contributed by atoms with E-state index in [-0.39, 0.29) is 0 Å². The van der Waals surface area contributed by atoms with Crippen LogP contribution in [-0.4, -0.2) is 30.6 Å². The van der Waals surface area contributed by atoms with E-state index in [1.54, 1.807) is 0 Å². The first-order valence-electron chi connectivity index (χ1n) is 5.07. The molecular formula is C10H22N2. The average molecular weight is 170 g/mol. The van der Waals surface area contributed by atoms with E-state index < -0.39 is 0 Å². The molecule has 1 fully saturated rings. The van der Waals surface area contributed by atoms with Crippen LogP contribution in [0.5, 0.6) is 0 Å². The summed E-state index contributed by atoms with van der Waals surface area (Å²) in [5, 5.41) is 0. The van der Waals surface area contributed by atoms with Crippen molar-refractivity contribution in [1.29, 1.82) is 0 Å². The molecule has 0 radical (unpaired) electrons. The van der Waals surface area contributed by atoms with Crippen LogP contribution in [0.4, 0.5) is 0 Å². The van der Waals surface area contributed by atoms with E-state index in [0.717, 1.165) is 12.6 Å². The first kappa shape index (κ1) is 10.0. The van der Waals surface area contributed by atoms with Crippen molar-refractivity contribution < 1.29 is 0 Å². The molecule has 0 aromatic heterocycles. The van der Waals surface area contributed by atoms with Crippen LogP contribution in [0.15, 0.2) is 0 Å². The van der Waals surface area contributed by atoms with E-state index in [4.69, 9.17) is 5.73 Å². The lowest BCUT2D eigenvalue weighted by atomic mass is 9.91. The first-order valence-corrected chi connectivity index (χ1v) is 5.07. The standard InChI is InChI=1S/C10H22N2/c1-8(2)10(11)7-12(3)9-5-4-6-9/h8-10H,4-7,11H2,1-3H3. The van der Waals surface area contributed by atoms with Gasteiger partial charge in [-0.3, -0.25) is 0 Å². The van der Waals surface area contributed by atoms with Crippen LogP contribution in [0.2, 0.25) is 0 Å². The Morgan fingerprint density at radius 1 is 1.42 bits per heavy atom. The highest BCUT2D eigenvalue weighted by molar-refractivity contribution is 4.80. The van der Waals surface area contributed by atoms with Crippen molar-refractivity contribution in [2.24, 2.45) is 11.7 Å². The maximum Gasteiger partial charge on any atom is 0.0191 e. The van der Waals surface area contributed by atoms with Gasteiger partial charge in [-0.1, -0.05) is 20.3 Å². The van der Waals surface area contributed by atoms with Crippen LogP contribution >= 0.6 is 0 Å². The molecule has 72 valence electrons. The smallest absolute Gasteiger partial charge is 0.0191 e. The van der Waals surface area contributed by atoms with Crippen molar-refractivity contribution in [2.75, 3.05) is 13.6 Å². The second-order valence-corrected chi connectivity index (χ2v) is 4.43. The maximum absolute atomic E-state index is 5.99. The molecule has 0 saturated heterocycles. The third-order valence-electron chi connectivity index (χ3n) is 3.05. The minimum absolute atomic E-state index is 0.343. The number of hydrogen-bond acceptors (Lipinski definition) is 2. The van der Waals surface area contributed by atoms with Gasteiger partial charge in [0.1, 0.15) is 0 Å². The lowest BCUT2D eigenvalue weighted by Crippen LogP contribution is -2.45. The van der Waals surface area contributed by atoms with Gasteiger partial charge in [0.15, 0.2) is 0 Å². The fourth-order valence-electron chi connectivity index (χ4n) is 1.52. The molecule has 2 heteroatoms. The highest BCUT2D eigenvalue weighted by Crippen LogP contribution is 2.23. The number of rotatable bonds is 4. The van der Waals surface area contributed by atoms with E-state index >= 15 is 0 Å². The maximum atomic E-state index is 5.99. The Hall–Kier alpha value is -0.0800. The van der Waals surface area contributed by atoms with Gasteiger partial charge in [0.25, 0.3) is 0 Å². The molecule has 1 saturated carbocycles. The lowest BCUT2D eigenvalue weighted by Gasteiger charge is -2.36. The summed E-state index contributed by atoms with van der Waals surface area (Å²) >= 11 is 0. The zero-order valence-corrected chi connectivity index (χ0v) is 8.59. The summed E-state index contributed by atoms with van der Waals surface area (Å²) in [6, 6.07) is 1.17. The van der Waals surface area contributed by atoms with Crippen LogP contribution < -0.4 is 5.73 Å². The predicted molar refractivity (Wildman–Crippen MR) is 53.1 cm³/mol. The second-order valence-electron chi connectivity index (χ2n) is 4.43. The third kappa shape index (κ3) is 2.46. The quantitative estimate of drug-likeness (QED) is 0.692. The summed E-state index contributed by atoms with van der Waals surface area (Å²) in [5.74, 6) is 0.604. The molecule has 0 aromatic carbocycles. The Morgan fingerprint density at radius 2 is 2.00 bits per heavy atom. The summed E-state index contributed by atoms with van der Waals surface area (Å²) in [4.78, 5) is 2.42. The van der Waals surface area contributed by atoms with Gasteiger partial charge in [-0.05, 0) is 25.8 Å². The molecule has 2 nitrogen and oxygen atoms in total. The van der Waals surface area contributed by atoms with Gasteiger partial charge in [0.2, 0.25) is 0 Å². The lowest BCUT2D eigenvalue weighted by molar-refractivity contribution is 0.144. The summed E-state index contributed by atoms with van der Waals surface area (Å²) in [7, 11) is 2.20. The van der Waals surface area contributed by atoms with Crippen molar-refractivity contribution in [1.82, 2.24) is 4.90 Å². The number of likely N-dealkylation sites (N-methyl/N-ethyl adjacent to an activating group) is 1. The Bertz CT molecular complexity index is 130. The van der Waals surface area contributed by atoms with E-state index in [9.17, 15) is 0 Å². The molecule has 0 heterocycles. The number of hydrogen-bond donors (Lipinski definition) is 1. The summed E-state index contributed by atoms with van der Waals surface area (Å²) in [6.07, 6.45) is 4.16. The molecule has 12 heavy (non-hydrogen) atoms. The largest absolute Gasteiger partial charge is 0.326 e. The number of nitrogens with zero attached hydrogens (tertiary/aromatic N) is 1. The van der Waals surface area contributed by atoms with Crippen LogP contribution in [-0.2, 0) is 0 Å². The van der Waals surface area contributed by atoms with Gasteiger partial charge < -0.3 is 10.6 Å². The molecule has 0 bridgehead atoms. The van der Waals surface area contributed by atoms with Crippen molar-refractivity contribution in [3.05, 3.63) is 0 Å². The highest BCUT2D eigenvalue weighted by atomic mass is 15.1. The summed E-state index contributed by atoms with van der Waals surface area (Å²) < 4.78 is 0. The van der Waals surface area contributed by atoms with Crippen molar-refractivity contribution in [3.63, 3.8) is 0 Å². The van der Waals surface area contributed by atoms with Crippen molar-refractivity contribution in [2.45, 2.75) is 45.2 Å². The molecule has 2 N–H and O–H groups in total. The van der Waals surface area contributed by atoms with Gasteiger partial charge in [-0.15, -0.1) is 0 Å². The molecule has 0 amide bonds. The predicted octanol–water partition coefficient (Wildman–Crippen LogP) is 1.45. The second kappa shape index (κ2) is 4.24. The fraction of sp³-hybridized carbons (Fsp3) is 1.00. The van der Waals surface area contributed by atoms with Crippen LogP contribution in [0.1, 0.15) is 33.1 Å². The van der Waals surface area contributed by atoms with E-state index in [2.05, 4.69) is 25.8 Å². The zero-order chi connectivity index (χ0) is 9.14. The summed E-state index contributed by atoms with van der Waals surface area (Å²) in [5.41, 5.74) is 5.99. The third-order valence-corrected chi connectivity index (χ3v) is 3.05. The molecule has 0 aliphatic heterocycles. The average Bonchev–Trinajstić information content (AvgIpc) is 1.82. The molecule has 1 atom stereocenters. The minimum Gasteiger partial charge on any atom is -0.326 e.